The van der Waals surface area contributed by atoms with Gasteiger partial charge >= 0.3 is 0 Å². The van der Waals surface area contributed by atoms with E-state index >= 15 is 0 Å². The van der Waals surface area contributed by atoms with Gasteiger partial charge in [-0.25, -0.2) is 9.37 Å². The molecule has 32 heavy (non-hydrogen) atoms. The maximum atomic E-state index is 13.9. The van der Waals surface area contributed by atoms with Gasteiger partial charge in [-0.15, -0.1) is 34.8 Å². The second kappa shape index (κ2) is 11.3. The Labute approximate surface area is 206 Å². The second-order valence-corrected chi connectivity index (χ2v) is 12.0. The topological polar surface area (TPSA) is 46.9 Å². The summed E-state index contributed by atoms with van der Waals surface area (Å²) < 4.78 is 16.0. The Morgan fingerprint density at radius 2 is 1.81 bits per heavy atom. The van der Waals surface area contributed by atoms with Crippen molar-refractivity contribution in [1.29, 1.82) is 0 Å². The molecule has 3 aliphatic rings. The first kappa shape index (κ1) is 24.6. The summed E-state index contributed by atoms with van der Waals surface area (Å²) in [5.74, 6) is 1.57. The van der Waals surface area contributed by atoms with Crippen LogP contribution < -0.4 is 5.32 Å². The monoisotopic (exact) mass is 505 g/mol. The molecule has 1 aromatic heterocycles. The van der Waals surface area contributed by atoms with Crippen LogP contribution in [0.3, 0.4) is 0 Å². The Morgan fingerprint density at radius 3 is 2.53 bits per heavy atom. The van der Waals surface area contributed by atoms with Crippen molar-refractivity contribution in [1.82, 2.24) is 14.9 Å². The Hall–Kier alpha value is -0.520. The molecule has 3 fully saturated rings. The standard InChI is InChI=1S/C24H35Cl3FN3O/c25-21-4-1-15(9-23(21)27)12-30-24(32)18-8-16(13-31-6-5-29-14-31)7-17(10-18)20-3-2-19(28)11-22(20)26/h5-6,14-23H,1-4,7-13H2,(H,30,32). The van der Waals surface area contributed by atoms with Crippen LogP contribution in [-0.2, 0) is 11.3 Å². The number of nitrogens with zero attached hydrogens (tertiary/aromatic N) is 2. The first-order valence-corrected chi connectivity index (χ1v) is 13.5. The van der Waals surface area contributed by atoms with E-state index in [2.05, 4.69) is 14.9 Å². The number of rotatable bonds is 6. The second-order valence-electron chi connectivity index (χ2n) is 10.3. The highest BCUT2D eigenvalue weighted by atomic mass is 35.5. The van der Waals surface area contributed by atoms with E-state index in [0.29, 0.717) is 43.1 Å². The molecule has 8 heteroatoms. The molecule has 0 saturated heterocycles. The number of nitrogens with one attached hydrogen (secondary N) is 1. The Morgan fingerprint density at radius 1 is 0.969 bits per heavy atom. The molecule has 3 aliphatic carbocycles. The molecule has 180 valence electrons. The van der Waals surface area contributed by atoms with Crippen molar-refractivity contribution in [2.75, 3.05) is 6.54 Å². The largest absolute Gasteiger partial charge is 0.356 e. The summed E-state index contributed by atoms with van der Waals surface area (Å²) in [6.07, 6.45) is 12.2. The van der Waals surface area contributed by atoms with Crippen molar-refractivity contribution in [2.45, 2.75) is 86.6 Å². The first-order valence-electron chi connectivity index (χ1n) is 12.2. The third kappa shape index (κ3) is 6.33. The van der Waals surface area contributed by atoms with Gasteiger partial charge < -0.3 is 9.88 Å². The van der Waals surface area contributed by atoms with Crippen LogP contribution >= 0.6 is 34.8 Å². The van der Waals surface area contributed by atoms with Gasteiger partial charge in [0, 0.05) is 42.2 Å². The normalized spacial score (nSPS) is 40.7. The molecule has 3 saturated carbocycles. The number of imidazole rings is 1. The number of carbonyl (C=O) groups excluding carboxylic acids is 1. The maximum absolute atomic E-state index is 13.9. The van der Waals surface area contributed by atoms with Crippen LogP contribution in [0.15, 0.2) is 18.7 Å². The maximum Gasteiger partial charge on any atom is 0.223 e. The van der Waals surface area contributed by atoms with Gasteiger partial charge in [-0.1, -0.05) is 0 Å². The fraction of sp³-hybridized carbons (Fsp3) is 0.833. The number of alkyl halides is 4. The quantitative estimate of drug-likeness (QED) is 0.496. The van der Waals surface area contributed by atoms with Crippen molar-refractivity contribution < 1.29 is 9.18 Å². The molecule has 9 unspecified atom stereocenters. The minimum Gasteiger partial charge on any atom is -0.356 e. The zero-order chi connectivity index (χ0) is 22.7. The lowest BCUT2D eigenvalue weighted by atomic mass is 9.66. The summed E-state index contributed by atoms with van der Waals surface area (Å²) in [6, 6.07) is 0. The molecule has 4 rings (SSSR count). The number of carbonyl (C=O) groups is 1. The molecule has 0 aromatic carbocycles. The van der Waals surface area contributed by atoms with Crippen molar-refractivity contribution in [3.8, 4) is 0 Å². The Bertz CT molecular complexity index is 736. The molecule has 1 N–H and O–H groups in total. The Balaban J connectivity index is 1.38. The molecule has 1 heterocycles. The summed E-state index contributed by atoms with van der Waals surface area (Å²) in [6.45, 7) is 1.53. The number of hydrogen-bond acceptors (Lipinski definition) is 2. The lowest BCUT2D eigenvalue weighted by Crippen LogP contribution is -2.43. The zero-order valence-electron chi connectivity index (χ0n) is 18.5. The predicted octanol–water partition coefficient (Wildman–Crippen LogP) is 5.79. The van der Waals surface area contributed by atoms with E-state index < -0.39 is 6.17 Å². The highest BCUT2D eigenvalue weighted by Gasteiger charge is 2.41. The number of aromatic nitrogens is 2. The molecule has 0 radical (unpaired) electrons. The fourth-order valence-electron chi connectivity index (χ4n) is 6.25. The van der Waals surface area contributed by atoms with E-state index in [1.165, 1.54) is 0 Å². The molecule has 0 spiro atoms. The van der Waals surface area contributed by atoms with Gasteiger partial charge in [-0.3, -0.25) is 4.79 Å². The van der Waals surface area contributed by atoms with E-state index in [4.69, 9.17) is 34.8 Å². The van der Waals surface area contributed by atoms with Crippen LogP contribution in [0.4, 0.5) is 4.39 Å². The van der Waals surface area contributed by atoms with E-state index in [0.717, 1.165) is 51.5 Å². The van der Waals surface area contributed by atoms with Gasteiger partial charge in [0.1, 0.15) is 6.17 Å². The highest BCUT2D eigenvalue weighted by molar-refractivity contribution is 6.30. The molecule has 0 aliphatic heterocycles. The summed E-state index contributed by atoms with van der Waals surface area (Å²) >= 11 is 19.2. The van der Waals surface area contributed by atoms with Crippen LogP contribution in [0.1, 0.15) is 57.8 Å². The molecular weight excluding hydrogens is 472 g/mol. The van der Waals surface area contributed by atoms with Crippen LogP contribution in [0.5, 0.6) is 0 Å². The summed E-state index contributed by atoms with van der Waals surface area (Å²) in [4.78, 5) is 17.4. The summed E-state index contributed by atoms with van der Waals surface area (Å²) in [5.41, 5.74) is 0. The molecule has 0 bridgehead atoms. The van der Waals surface area contributed by atoms with Crippen molar-refractivity contribution in [3.05, 3.63) is 18.7 Å². The summed E-state index contributed by atoms with van der Waals surface area (Å²) in [7, 11) is 0. The molecule has 1 amide bonds. The van der Waals surface area contributed by atoms with Gasteiger partial charge in [0.05, 0.1) is 11.7 Å². The van der Waals surface area contributed by atoms with Gasteiger partial charge in [-0.2, -0.15) is 0 Å². The minimum absolute atomic E-state index is 0.0165. The minimum atomic E-state index is -0.785. The number of amides is 1. The SMILES string of the molecule is O=C(NCC1CCC(Cl)C(Cl)C1)C1CC(Cn2ccnc2)CC(C2CCC(F)CC2Cl)C1. The third-order valence-electron chi connectivity index (χ3n) is 7.97. The number of hydrogen-bond donors (Lipinski definition) is 1. The van der Waals surface area contributed by atoms with E-state index in [1.54, 1.807) is 6.20 Å². The smallest absolute Gasteiger partial charge is 0.223 e. The molecule has 4 nitrogen and oxygen atoms in total. The zero-order valence-corrected chi connectivity index (χ0v) is 20.8. The van der Waals surface area contributed by atoms with Crippen molar-refractivity contribution >= 4 is 40.7 Å². The molecular formula is C24H35Cl3FN3O. The van der Waals surface area contributed by atoms with Crippen LogP contribution in [0.25, 0.3) is 0 Å². The van der Waals surface area contributed by atoms with E-state index in [-0.39, 0.29) is 28.0 Å². The fourth-order valence-corrected chi connectivity index (χ4v) is 7.38. The van der Waals surface area contributed by atoms with Crippen LogP contribution in [0.2, 0.25) is 0 Å². The average Bonchev–Trinajstić information content (AvgIpc) is 3.27. The van der Waals surface area contributed by atoms with E-state index in [9.17, 15) is 9.18 Å². The third-order valence-corrected chi connectivity index (χ3v) is 9.61. The molecule has 1 aromatic rings. The van der Waals surface area contributed by atoms with Gasteiger partial charge in [0.25, 0.3) is 0 Å². The lowest BCUT2D eigenvalue weighted by molar-refractivity contribution is -0.128. The van der Waals surface area contributed by atoms with Gasteiger partial charge in [0.15, 0.2) is 0 Å². The van der Waals surface area contributed by atoms with Crippen LogP contribution in [0, 0.1) is 29.6 Å². The van der Waals surface area contributed by atoms with Crippen molar-refractivity contribution in [3.63, 3.8) is 0 Å². The average molecular weight is 507 g/mol. The number of halogens is 4. The predicted molar refractivity (Wildman–Crippen MR) is 128 cm³/mol. The summed E-state index contributed by atoms with van der Waals surface area (Å²) in [5, 5.41) is 3.11. The lowest BCUT2D eigenvalue weighted by Gasteiger charge is -2.42. The van der Waals surface area contributed by atoms with Gasteiger partial charge in [-0.05, 0) is 81.5 Å². The molecule has 9 atom stereocenters. The Kier molecular flexibility index (Phi) is 8.66. The highest BCUT2D eigenvalue weighted by Crippen LogP contribution is 2.45. The van der Waals surface area contributed by atoms with Gasteiger partial charge in [0.2, 0.25) is 5.91 Å². The van der Waals surface area contributed by atoms with Crippen molar-refractivity contribution in [2.24, 2.45) is 29.6 Å². The van der Waals surface area contributed by atoms with E-state index in [1.807, 2.05) is 12.5 Å². The van der Waals surface area contributed by atoms with Crippen LogP contribution in [-0.4, -0.2) is 44.3 Å². The first-order chi connectivity index (χ1) is 15.4.